The molecule has 2 aromatic heterocycles. The predicted octanol–water partition coefficient (Wildman–Crippen LogP) is 4.01. The molecular formula is C16H14ClN3OS. The van der Waals surface area contributed by atoms with Gasteiger partial charge in [-0.3, -0.25) is 4.90 Å². The Labute approximate surface area is 137 Å². The molecule has 0 spiro atoms. The first-order valence-electron chi connectivity index (χ1n) is 7.14. The van der Waals surface area contributed by atoms with E-state index in [9.17, 15) is 0 Å². The number of hydrogen-bond donors (Lipinski definition) is 0. The summed E-state index contributed by atoms with van der Waals surface area (Å²) in [4.78, 5) is 3.79. The molecule has 22 heavy (non-hydrogen) atoms. The smallest absolute Gasteiger partial charge is 0.247 e. The third kappa shape index (κ3) is 2.79. The van der Waals surface area contributed by atoms with Crippen molar-refractivity contribution in [3.8, 4) is 11.5 Å². The van der Waals surface area contributed by atoms with Crippen LogP contribution in [0.4, 0.5) is 0 Å². The minimum atomic E-state index is 0.542. The van der Waals surface area contributed by atoms with Gasteiger partial charge in [-0.25, -0.2) is 0 Å². The second-order valence-corrected chi connectivity index (χ2v) is 6.77. The fraction of sp³-hybridized carbons (Fsp3) is 0.250. The van der Waals surface area contributed by atoms with E-state index in [1.807, 2.05) is 35.6 Å². The van der Waals surface area contributed by atoms with Crippen LogP contribution in [0.2, 0.25) is 5.02 Å². The number of aromatic nitrogens is 2. The molecule has 0 radical (unpaired) electrons. The van der Waals surface area contributed by atoms with Crippen LogP contribution < -0.4 is 0 Å². The van der Waals surface area contributed by atoms with E-state index in [0.717, 1.165) is 25.1 Å². The molecule has 1 aliphatic rings. The van der Waals surface area contributed by atoms with Gasteiger partial charge in [0.05, 0.1) is 6.54 Å². The molecular weight excluding hydrogens is 318 g/mol. The highest BCUT2D eigenvalue weighted by Gasteiger charge is 2.19. The van der Waals surface area contributed by atoms with Crippen molar-refractivity contribution in [1.82, 2.24) is 15.1 Å². The van der Waals surface area contributed by atoms with Crippen LogP contribution in [0.25, 0.3) is 11.5 Å². The summed E-state index contributed by atoms with van der Waals surface area (Å²) in [5, 5.41) is 11.2. The van der Waals surface area contributed by atoms with Crippen LogP contribution >= 0.6 is 22.9 Å². The van der Waals surface area contributed by atoms with Crippen LogP contribution in [0.3, 0.4) is 0 Å². The van der Waals surface area contributed by atoms with E-state index in [4.69, 9.17) is 16.0 Å². The van der Waals surface area contributed by atoms with Gasteiger partial charge in [0.15, 0.2) is 0 Å². The van der Waals surface area contributed by atoms with Gasteiger partial charge in [-0.1, -0.05) is 11.6 Å². The largest absolute Gasteiger partial charge is 0.419 e. The molecule has 0 aliphatic carbocycles. The fourth-order valence-corrected chi connectivity index (χ4v) is 3.74. The first-order valence-corrected chi connectivity index (χ1v) is 8.39. The van der Waals surface area contributed by atoms with Gasteiger partial charge in [0.1, 0.15) is 0 Å². The van der Waals surface area contributed by atoms with Crippen molar-refractivity contribution in [2.75, 3.05) is 6.54 Å². The van der Waals surface area contributed by atoms with Crippen LogP contribution in [-0.4, -0.2) is 21.6 Å². The Balaban J connectivity index is 1.47. The van der Waals surface area contributed by atoms with Gasteiger partial charge >= 0.3 is 0 Å². The summed E-state index contributed by atoms with van der Waals surface area (Å²) in [6, 6.07) is 9.65. The van der Waals surface area contributed by atoms with Gasteiger partial charge in [0.25, 0.3) is 0 Å². The van der Waals surface area contributed by atoms with Gasteiger partial charge in [-0.2, -0.15) is 0 Å². The lowest BCUT2D eigenvalue weighted by molar-refractivity contribution is 0.225. The Morgan fingerprint density at radius 2 is 2.05 bits per heavy atom. The average Bonchev–Trinajstić information content (AvgIpc) is 3.17. The minimum absolute atomic E-state index is 0.542. The zero-order chi connectivity index (χ0) is 14.9. The van der Waals surface area contributed by atoms with Crippen molar-refractivity contribution in [3.05, 3.63) is 57.1 Å². The van der Waals surface area contributed by atoms with Gasteiger partial charge in [-0.15, -0.1) is 21.5 Å². The molecule has 0 fully saturated rings. The van der Waals surface area contributed by atoms with E-state index in [2.05, 4.69) is 26.5 Å². The third-order valence-corrected chi connectivity index (χ3v) is 5.02. The molecule has 3 heterocycles. The monoisotopic (exact) mass is 331 g/mol. The Morgan fingerprint density at radius 3 is 2.91 bits per heavy atom. The van der Waals surface area contributed by atoms with Crippen LogP contribution in [-0.2, 0) is 19.5 Å². The molecule has 0 saturated heterocycles. The first-order chi connectivity index (χ1) is 10.8. The molecule has 0 N–H and O–H groups in total. The molecule has 0 saturated carbocycles. The topological polar surface area (TPSA) is 42.2 Å². The Kier molecular flexibility index (Phi) is 3.70. The number of fused-ring (bicyclic) bond motifs is 1. The van der Waals surface area contributed by atoms with Crippen LogP contribution in [0.15, 0.2) is 40.1 Å². The molecule has 4 rings (SSSR count). The van der Waals surface area contributed by atoms with E-state index in [1.165, 1.54) is 10.4 Å². The summed E-state index contributed by atoms with van der Waals surface area (Å²) in [6.45, 7) is 2.69. The Morgan fingerprint density at radius 1 is 1.18 bits per heavy atom. The highest BCUT2D eigenvalue weighted by atomic mass is 35.5. The molecule has 0 unspecified atom stereocenters. The van der Waals surface area contributed by atoms with Crippen molar-refractivity contribution in [3.63, 3.8) is 0 Å². The lowest BCUT2D eigenvalue weighted by Crippen LogP contribution is -2.29. The molecule has 0 amide bonds. The van der Waals surface area contributed by atoms with Crippen molar-refractivity contribution < 1.29 is 4.42 Å². The van der Waals surface area contributed by atoms with Crippen molar-refractivity contribution >= 4 is 22.9 Å². The number of hydrogen-bond acceptors (Lipinski definition) is 5. The number of benzene rings is 1. The Bertz CT molecular complexity index is 781. The van der Waals surface area contributed by atoms with Crippen molar-refractivity contribution in [2.45, 2.75) is 19.5 Å². The fourth-order valence-electron chi connectivity index (χ4n) is 2.64. The summed E-state index contributed by atoms with van der Waals surface area (Å²) in [5.74, 6) is 1.20. The highest BCUT2D eigenvalue weighted by molar-refractivity contribution is 7.10. The lowest BCUT2D eigenvalue weighted by Gasteiger charge is -2.24. The first kappa shape index (κ1) is 13.9. The number of rotatable bonds is 3. The van der Waals surface area contributed by atoms with Gasteiger partial charge in [0.2, 0.25) is 11.8 Å². The SMILES string of the molecule is Clc1ccc(-c2nnc(CN3CCc4ccsc4C3)o2)cc1. The third-order valence-electron chi connectivity index (χ3n) is 3.82. The van der Waals surface area contributed by atoms with Gasteiger partial charge in [0, 0.05) is 28.6 Å². The average molecular weight is 332 g/mol. The second-order valence-electron chi connectivity index (χ2n) is 5.34. The van der Waals surface area contributed by atoms with Crippen molar-refractivity contribution in [1.29, 1.82) is 0 Å². The van der Waals surface area contributed by atoms with E-state index in [1.54, 1.807) is 0 Å². The number of halogens is 1. The normalized spacial score (nSPS) is 15.0. The second kappa shape index (κ2) is 5.83. The quantitative estimate of drug-likeness (QED) is 0.727. The molecule has 3 aromatic rings. The molecule has 112 valence electrons. The summed E-state index contributed by atoms with van der Waals surface area (Å²) in [5.41, 5.74) is 2.37. The minimum Gasteiger partial charge on any atom is -0.419 e. The lowest BCUT2D eigenvalue weighted by atomic mass is 10.1. The summed E-state index contributed by atoms with van der Waals surface area (Å²) < 4.78 is 5.78. The van der Waals surface area contributed by atoms with Gasteiger partial charge in [-0.05, 0) is 47.7 Å². The van der Waals surface area contributed by atoms with Crippen molar-refractivity contribution in [2.24, 2.45) is 0 Å². The molecule has 0 bridgehead atoms. The van der Waals surface area contributed by atoms with Crippen LogP contribution in [0.5, 0.6) is 0 Å². The van der Waals surface area contributed by atoms with E-state index in [-0.39, 0.29) is 0 Å². The van der Waals surface area contributed by atoms with E-state index < -0.39 is 0 Å². The maximum absolute atomic E-state index is 5.89. The molecule has 6 heteroatoms. The zero-order valence-corrected chi connectivity index (χ0v) is 13.4. The van der Waals surface area contributed by atoms with Crippen LogP contribution in [0.1, 0.15) is 16.3 Å². The van der Waals surface area contributed by atoms with Crippen LogP contribution in [0, 0.1) is 0 Å². The zero-order valence-electron chi connectivity index (χ0n) is 11.8. The highest BCUT2D eigenvalue weighted by Crippen LogP contribution is 2.26. The molecule has 4 nitrogen and oxygen atoms in total. The number of thiophene rings is 1. The maximum atomic E-state index is 5.89. The van der Waals surface area contributed by atoms with E-state index >= 15 is 0 Å². The molecule has 1 aromatic carbocycles. The molecule has 0 atom stereocenters. The maximum Gasteiger partial charge on any atom is 0.247 e. The summed E-state index contributed by atoms with van der Waals surface area (Å²) in [6.07, 6.45) is 1.09. The Hall–Kier alpha value is -1.69. The predicted molar refractivity (Wildman–Crippen MR) is 86.9 cm³/mol. The summed E-state index contributed by atoms with van der Waals surface area (Å²) >= 11 is 7.72. The molecule has 1 aliphatic heterocycles. The van der Waals surface area contributed by atoms with Gasteiger partial charge < -0.3 is 4.42 Å². The summed E-state index contributed by atoms with van der Waals surface area (Å²) in [7, 11) is 0. The standard InChI is InChI=1S/C16H14ClN3OS/c17-13-3-1-12(2-4-13)16-19-18-15(21-16)10-20-7-5-11-6-8-22-14(11)9-20/h1-4,6,8H,5,7,9-10H2. The number of nitrogens with zero attached hydrogens (tertiary/aromatic N) is 3. The van der Waals surface area contributed by atoms with E-state index in [0.29, 0.717) is 23.3 Å².